The summed E-state index contributed by atoms with van der Waals surface area (Å²) < 4.78 is 10.3. The van der Waals surface area contributed by atoms with E-state index in [2.05, 4.69) is 10.0 Å². The molecule has 1 atom stereocenters. The van der Waals surface area contributed by atoms with Crippen LogP contribution in [0.4, 0.5) is 0 Å². The Kier molecular flexibility index (Phi) is 5.54. The third-order valence-corrected chi connectivity index (χ3v) is 3.91. The van der Waals surface area contributed by atoms with Crippen molar-refractivity contribution in [3.05, 3.63) is 28.1 Å². The number of amides is 1. The molecule has 1 heterocycles. The van der Waals surface area contributed by atoms with E-state index in [1.165, 1.54) is 14.2 Å². The summed E-state index contributed by atoms with van der Waals surface area (Å²) in [6.07, 6.45) is 1.04. The number of hydrogen-bond acceptors (Lipinski definition) is 5. The molecule has 0 bridgehead atoms. The first kappa shape index (κ1) is 16.8. The number of hydrogen-bond donors (Lipinski definition) is 1. The number of phenols is 1. The van der Waals surface area contributed by atoms with E-state index in [-0.39, 0.29) is 17.6 Å². The number of aromatic hydroxyl groups is 1. The first-order valence-electron chi connectivity index (χ1n) is 7.31. The van der Waals surface area contributed by atoms with Gasteiger partial charge in [0.15, 0.2) is 11.5 Å². The zero-order valence-electron chi connectivity index (χ0n) is 13.2. The van der Waals surface area contributed by atoms with Gasteiger partial charge in [-0.2, -0.15) is 0 Å². The van der Waals surface area contributed by atoms with Crippen LogP contribution in [0, 0.1) is 5.92 Å². The van der Waals surface area contributed by atoms with Crippen LogP contribution >= 0.6 is 0 Å². The van der Waals surface area contributed by atoms with Crippen LogP contribution in [0.2, 0.25) is 0 Å². The van der Waals surface area contributed by atoms with E-state index >= 15 is 0 Å². The molecule has 1 saturated heterocycles. The normalized spacial score (nSPS) is 17.0. The molecule has 0 radical (unpaired) electrons. The van der Waals surface area contributed by atoms with Crippen LogP contribution in [0.25, 0.3) is 10.4 Å². The third kappa shape index (κ3) is 3.98. The number of nitrogens with zero attached hydrogens (tertiary/aromatic N) is 4. The maximum absolute atomic E-state index is 12.0. The Balaban J connectivity index is 2.01. The SMILES string of the molecule is COc1cc(CCN2CC(CN=[N+]=[N-])CC2=O)cc(OC)c1O. The lowest BCUT2D eigenvalue weighted by molar-refractivity contribution is -0.127. The second-order valence-corrected chi connectivity index (χ2v) is 5.42. The molecule has 8 nitrogen and oxygen atoms in total. The van der Waals surface area contributed by atoms with Crippen molar-refractivity contribution in [1.82, 2.24) is 4.90 Å². The molecule has 0 saturated carbocycles. The molecular weight excluding hydrogens is 300 g/mol. The van der Waals surface area contributed by atoms with Crippen LogP contribution in [-0.2, 0) is 11.2 Å². The Morgan fingerprint density at radius 3 is 2.61 bits per heavy atom. The number of methoxy groups -OCH3 is 2. The summed E-state index contributed by atoms with van der Waals surface area (Å²) >= 11 is 0. The maximum Gasteiger partial charge on any atom is 0.222 e. The Bertz CT molecular complexity index is 603. The summed E-state index contributed by atoms with van der Waals surface area (Å²) in [4.78, 5) is 16.5. The van der Waals surface area contributed by atoms with Crippen LogP contribution in [0.5, 0.6) is 17.2 Å². The monoisotopic (exact) mass is 320 g/mol. The van der Waals surface area contributed by atoms with Crippen LogP contribution < -0.4 is 9.47 Å². The molecular formula is C15H20N4O4. The molecule has 1 aromatic carbocycles. The van der Waals surface area contributed by atoms with Crippen molar-refractivity contribution in [2.75, 3.05) is 33.9 Å². The number of azide groups is 1. The Morgan fingerprint density at radius 2 is 2.04 bits per heavy atom. The van der Waals surface area contributed by atoms with E-state index in [1.54, 1.807) is 17.0 Å². The highest BCUT2D eigenvalue weighted by atomic mass is 16.5. The number of ether oxygens (including phenoxy) is 2. The summed E-state index contributed by atoms with van der Waals surface area (Å²) in [5, 5.41) is 13.4. The molecule has 1 N–H and O–H groups in total. The summed E-state index contributed by atoms with van der Waals surface area (Å²) in [5.41, 5.74) is 9.25. The van der Waals surface area contributed by atoms with Gasteiger partial charge in [-0.25, -0.2) is 0 Å². The largest absolute Gasteiger partial charge is 0.502 e. The van der Waals surface area contributed by atoms with Gasteiger partial charge < -0.3 is 19.5 Å². The van der Waals surface area contributed by atoms with E-state index in [0.29, 0.717) is 44.0 Å². The van der Waals surface area contributed by atoms with Gasteiger partial charge in [0.25, 0.3) is 0 Å². The van der Waals surface area contributed by atoms with Gasteiger partial charge in [0, 0.05) is 31.0 Å². The van der Waals surface area contributed by atoms with Crippen molar-refractivity contribution in [3.63, 3.8) is 0 Å². The zero-order valence-corrected chi connectivity index (χ0v) is 13.2. The molecule has 8 heteroatoms. The summed E-state index contributed by atoms with van der Waals surface area (Å²) in [6.45, 7) is 1.51. The molecule has 1 aliphatic rings. The molecule has 0 spiro atoms. The average molecular weight is 320 g/mol. The minimum Gasteiger partial charge on any atom is -0.502 e. The van der Waals surface area contributed by atoms with Gasteiger partial charge in [0.05, 0.1) is 14.2 Å². The van der Waals surface area contributed by atoms with Crippen LogP contribution in [0.15, 0.2) is 17.2 Å². The first-order valence-corrected chi connectivity index (χ1v) is 7.31. The summed E-state index contributed by atoms with van der Waals surface area (Å²) in [5.74, 6) is 0.801. The number of benzene rings is 1. The molecule has 2 rings (SSSR count). The van der Waals surface area contributed by atoms with E-state index in [9.17, 15) is 9.90 Å². The van der Waals surface area contributed by atoms with Crippen molar-refractivity contribution in [1.29, 1.82) is 0 Å². The van der Waals surface area contributed by atoms with Crippen molar-refractivity contribution in [3.8, 4) is 17.2 Å². The number of likely N-dealkylation sites (tertiary alicyclic amines) is 1. The van der Waals surface area contributed by atoms with Crippen molar-refractivity contribution >= 4 is 5.91 Å². The highest BCUT2D eigenvalue weighted by Gasteiger charge is 2.28. The Hall–Kier alpha value is -2.60. The van der Waals surface area contributed by atoms with Crippen LogP contribution in [0.3, 0.4) is 0 Å². The van der Waals surface area contributed by atoms with Crippen molar-refractivity contribution in [2.24, 2.45) is 11.0 Å². The van der Waals surface area contributed by atoms with E-state index in [0.717, 1.165) is 5.56 Å². The number of rotatable bonds is 7. The van der Waals surface area contributed by atoms with Gasteiger partial charge in [-0.3, -0.25) is 4.79 Å². The van der Waals surface area contributed by atoms with E-state index in [1.807, 2.05) is 0 Å². The van der Waals surface area contributed by atoms with Crippen LogP contribution in [-0.4, -0.2) is 49.8 Å². The van der Waals surface area contributed by atoms with Gasteiger partial charge in [0.2, 0.25) is 11.7 Å². The van der Waals surface area contributed by atoms with Gasteiger partial charge in [0.1, 0.15) is 0 Å². The predicted octanol–water partition coefficient (Wildman–Crippen LogP) is 2.11. The fourth-order valence-corrected chi connectivity index (χ4v) is 2.70. The lowest BCUT2D eigenvalue weighted by Gasteiger charge is -2.17. The van der Waals surface area contributed by atoms with Crippen molar-refractivity contribution < 1.29 is 19.4 Å². The van der Waals surface area contributed by atoms with Gasteiger partial charge in [-0.1, -0.05) is 5.11 Å². The Morgan fingerprint density at radius 1 is 1.39 bits per heavy atom. The molecule has 0 aromatic heterocycles. The van der Waals surface area contributed by atoms with Crippen LogP contribution in [0.1, 0.15) is 12.0 Å². The number of carbonyl (C=O) groups is 1. The fourth-order valence-electron chi connectivity index (χ4n) is 2.70. The van der Waals surface area contributed by atoms with E-state index < -0.39 is 0 Å². The van der Waals surface area contributed by atoms with E-state index in [4.69, 9.17) is 15.0 Å². The minimum atomic E-state index is -0.0366. The molecule has 23 heavy (non-hydrogen) atoms. The molecule has 1 unspecified atom stereocenters. The zero-order chi connectivity index (χ0) is 16.8. The van der Waals surface area contributed by atoms with Gasteiger partial charge >= 0.3 is 0 Å². The molecule has 1 aromatic rings. The predicted molar refractivity (Wildman–Crippen MR) is 83.6 cm³/mol. The standard InChI is InChI=1S/C15H20N4O4/c1-22-12-5-10(6-13(23-2)15(12)21)3-4-19-9-11(7-14(19)20)8-17-18-16/h5-6,11,21H,3-4,7-9H2,1-2H3. The Labute approximate surface area is 134 Å². The topological polar surface area (TPSA) is 108 Å². The second-order valence-electron chi connectivity index (χ2n) is 5.42. The third-order valence-electron chi connectivity index (χ3n) is 3.91. The first-order chi connectivity index (χ1) is 11.1. The smallest absolute Gasteiger partial charge is 0.222 e. The number of phenolic OH excluding ortho intramolecular Hbond substituents is 1. The summed E-state index contributed by atoms with van der Waals surface area (Å²) in [7, 11) is 2.95. The molecule has 124 valence electrons. The lowest BCUT2D eigenvalue weighted by Crippen LogP contribution is -2.27. The minimum absolute atomic E-state index is 0.0366. The quantitative estimate of drug-likeness (QED) is 0.471. The number of carbonyl (C=O) groups excluding carboxylic acids is 1. The summed E-state index contributed by atoms with van der Waals surface area (Å²) in [6, 6.07) is 3.46. The fraction of sp³-hybridized carbons (Fsp3) is 0.533. The molecule has 0 aliphatic carbocycles. The molecule has 1 amide bonds. The van der Waals surface area contributed by atoms with Crippen molar-refractivity contribution in [2.45, 2.75) is 12.8 Å². The second kappa shape index (κ2) is 7.60. The highest BCUT2D eigenvalue weighted by molar-refractivity contribution is 5.78. The molecule has 1 aliphatic heterocycles. The molecule has 1 fully saturated rings. The van der Waals surface area contributed by atoms with Gasteiger partial charge in [-0.05, 0) is 35.6 Å². The highest BCUT2D eigenvalue weighted by Crippen LogP contribution is 2.37. The average Bonchev–Trinajstić information content (AvgIpc) is 2.91. The van der Waals surface area contributed by atoms with Gasteiger partial charge in [-0.15, -0.1) is 0 Å². The maximum atomic E-state index is 12.0. The lowest BCUT2D eigenvalue weighted by atomic mass is 10.1.